The van der Waals surface area contributed by atoms with E-state index in [2.05, 4.69) is 51.7 Å². The van der Waals surface area contributed by atoms with Gasteiger partial charge >= 0.3 is 0 Å². The first-order valence-corrected chi connectivity index (χ1v) is 9.15. The molecular weight excluding hydrogens is 316 g/mol. The molecule has 0 bridgehead atoms. The Morgan fingerprint density at radius 3 is 2.80 bits per heavy atom. The number of hydrogen-bond donors (Lipinski definition) is 2. The van der Waals surface area contributed by atoms with Crippen LogP contribution < -0.4 is 10.6 Å². The summed E-state index contributed by atoms with van der Waals surface area (Å²) in [5, 5.41) is 6.76. The Balaban J connectivity index is 1.97. The molecule has 1 fully saturated rings. The molecule has 0 spiro atoms. The van der Waals surface area contributed by atoms with Gasteiger partial charge in [0.2, 0.25) is 0 Å². The van der Waals surface area contributed by atoms with E-state index >= 15 is 0 Å². The summed E-state index contributed by atoms with van der Waals surface area (Å²) in [5.41, 5.74) is 2.62. The average molecular weight is 348 g/mol. The lowest BCUT2D eigenvalue weighted by molar-refractivity contribution is 0.0170. The smallest absolute Gasteiger partial charge is 0.191 e. The molecular formula is C19H32N4O2. The number of aliphatic imine (C=N–C) groups is 1. The number of aryl methyl sites for hydroxylation is 1. The van der Waals surface area contributed by atoms with E-state index in [1.807, 2.05) is 6.92 Å². The standard InChI is InChI=1S/C19H32N4O2/c1-4-24-11-8-21-19(20-3)22-15-18(23-9-12-25-13-10-23)17-7-5-6-16(2)14-17/h5-7,14,18H,4,8-13,15H2,1-3H3,(H2,20,21,22). The van der Waals surface area contributed by atoms with Crippen LogP contribution in [0, 0.1) is 6.92 Å². The lowest BCUT2D eigenvalue weighted by Crippen LogP contribution is -2.46. The van der Waals surface area contributed by atoms with Gasteiger partial charge in [-0.25, -0.2) is 0 Å². The van der Waals surface area contributed by atoms with Crippen molar-refractivity contribution >= 4 is 5.96 Å². The predicted molar refractivity (Wildman–Crippen MR) is 102 cm³/mol. The minimum absolute atomic E-state index is 0.300. The van der Waals surface area contributed by atoms with Crippen LogP contribution in [0.25, 0.3) is 0 Å². The van der Waals surface area contributed by atoms with E-state index in [4.69, 9.17) is 9.47 Å². The maximum atomic E-state index is 5.52. The van der Waals surface area contributed by atoms with Crippen molar-refractivity contribution in [2.24, 2.45) is 4.99 Å². The molecule has 0 amide bonds. The predicted octanol–water partition coefficient (Wildman–Crippen LogP) is 1.57. The third-order valence-electron chi connectivity index (χ3n) is 4.34. The van der Waals surface area contributed by atoms with Gasteiger partial charge in [-0.2, -0.15) is 0 Å². The zero-order valence-electron chi connectivity index (χ0n) is 15.8. The van der Waals surface area contributed by atoms with E-state index in [9.17, 15) is 0 Å². The number of nitrogens with zero attached hydrogens (tertiary/aromatic N) is 2. The van der Waals surface area contributed by atoms with Crippen LogP contribution in [0.4, 0.5) is 0 Å². The third-order valence-corrected chi connectivity index (χ3v) is 4.34. The van der Waals surface area contributed by atoms with Gasteiger partial charge < -0.3 is 20.1 Å². The van der Waals surface area contributed by atoms with Crippen LogP contribution in [-0.2, 0) is 9.47 Å². The highest BCUT2D eigenvalue weighted by molar-refractivity contribution is 5.79. The van der Waals surface area contributed by atoms with Crippen molar-refractivity contribution in [3.63, 3.8) is 0 Å². The molecule has 2 rings (SSSR count). The molecule has 0 aromatic heterocycles. The molecule has 0 radical (unpaired) electrons. The fourth-order valence-electron chi connectivity index (χ4n) is 3.02. The zero-order valence-corrected chi connectivity index (χ0v) is 15.8. The topological polar surface area (TPSA) is 58.1 Å². The number of ether oxygens (including phenoxy) is 2. The number of rotatable bonds is 8. The summed E-state index contributed by atoms with van der Waals surface area (Å²) < 4.78 is 10.9. The minimum atomic E-state index is 0.300. The summed E-state index contributed by atoms with van der Waals surface area (Å²) in [4.78, 5) is 6.79. The Morgan fingerprint density at radius 2 is 2.12 bits per heavy atom. The number of benzene rings is 1. The van der Waals surface area contributed by atoms with Crippen LogP contribution in [0.15, 0.2) is 29.3 Å². The maximum absolute atomic E-state index is 5.52. The Labute approximate surface area is 151 Å². The molecule has 1 aromatic carbocycles. The second kappa shape index (κ2) is 11.1. The fraction of sp³-hybridized carbons (Fsp3) is 0.632. The average Bonchev–Trinajstić information content (AvgIpc) is 2.64. The SMILES string of the molecule is CCOCCNC(=NC)NCC(c1cccc(C)c1)N1CCOCC1. The molecule has 1 aliphatic heterocycles. The first-order chi connectivity index (χ1) is 12.2. The molecule has 140 valence electrons. The Morgan fingerprint density at radius 1 is 1.32 bits per heavy atom. The second-order valence-electron chi connectivity index (χ2n) is 6.16. The molecule has 2 N–H and O–H groups in total. The van der Waals surface area contributed by atoms with E-state index in [0.29, 0.717) is 12.6 Å². The fourth-order valence-corrected chi connectivity index (χ4v) is 3.02. The monoisotopic (exact) mass is 348 g/mol. The molecule has 1 saturated heterocycles. The lowest BCUT2D eigenvalue weighted by Gasteiger charge is -2.35. The first kappa shape index (κ1) is 19.7. The first-order valence-electron chi connectivity index (χ1n) is 9.15. The molecule has 1 unspecified atom stereocenters. The minimum Gasteiger partial charge on any atom is -0.380 e. The third kappa shape index (κ3) is 6.65. The quantitative estimate of drug-likeness (QED) is 0.424. The van der Waals surface area contributed by atoms with Gasteiger partial charge in [-0.05, 0) is 19.4 Å². The van der Waals surface area contributed by atoms with Crippen molar-refractivity contribution in [1.82, 2.24) is 15.5 Å². The molecule has 1 heterocycles. The highest BCUT2D eigenvalue weighted by Gasteiger charge is 2.22. The van der Waals surface area contributed by atoms with Crippen molar-refractivity contribution < 1.29 is 9.47 Å². The summed E-state index contributed by atoms with van der Waals surface area (Å²) in [6, 6.07) is 9.05. The molecule has 1 aliphatic rings. The lowest BCUT2D eigenvalue weighted by atomic mass is 10.0. The van der Waals surface area contributed by atoms with Gasteiger partial charge in [0, 0.05) is 39.8 Å². The van der Waals surface area contributed by atoms with E-state index < -0.39 is 0 Å². The molecule has 6 nitrogen and oxygen atoms in total. The molecule has 25 heavy (non-hydrogen) atoms. The molecule has 0 saturated carbocycles. The highest BCUT2D eigenvalue weighted by Crippen LogP contribution is 2.22. The number of hydrogen-bond acceptors (Lipinski definition) is 4. The molecule has 1 atom stereocenters. The van der Waals surface area contributed by atoms with Crippen molar-refractivity contribution in [1.29, 1.82) is 0 Å². The molecule has 1 aromatic rings. The van der Waals surface area contributed by atoms with E-state index in [-0.39, 0.29) is 0 Å². The molecule has 0 aliphatic carbocycles. The Bertz CT molecular complexity index is 530. The van der Waals surface area contributed by atoms with Crippen molar-refractivity contribution in [3.8, 4) is 0 Å². The van der Waals surface area contributed by atoms with Crippen molar-refractivity contribution in [2.45, 2.75) is 19.9 Å². The van der Waals surface area contributed by atoms with E-state index in [0.717, 1.165) is 52.0 Å². The summed E-state index contributed by atoms with van der Waals surface area (Å²) in [6.07, 6.45) is 0. The molecule has 6 heteroatoms. The summed E-state index contributed by atoms with van der Waals surface area (Å²) in [5.74, 6) is 0.811. The van der Waals surface area contributed by atoms with Gasteiger partial charge in [0.1, 0.15) is 0 Å². The second-order valence-corrected chi connectivity index (χ2v) is 6.16. The van der Waals surface area contributed by atoms with Crippen LogP contribution >= 0.6 is 0 Å². The van der Waals surface area contributed by atoms with Crippen LogP contribution in [0.3, 0.4) is 0 Å². The zero-order chi connectivity index (χ0) is 17.9. The highest BCUT2D eigenvalue weighted by atomic mass is 16.5. The van der Waals surface area contributed by atoms with Gasteiger partial charge in [0.05, 0.1) is 25.9 Å². The Hall–Kier alpha value is -1.63. The summed E-state index contributed by atoms with van der Waals surface area (Å²) >= 11 is 0. The van der Waals surface area contributed by atoms with Crippen LogP contribution in [0.5, 0.6) is 0 Å². The van der Waals surface area contributed by atoms with Crippen molar-refractivity contribution in [3.05, 3.63) is 35.4 Å². The van der Waals surface area contributed by atoms with Gasteiger partial charge in [0.15, 0.2) is 5.96 Å². The van der Waals surface area contributed by atoms with Crippen LogP contribution in [-0.4, -0.2) is 70.5 Å². The van der Waals surface area contributed by atoms with Gasteiger partial charge in [-0.15, -0.1) is 0 Å². The summed E-state index contributed by atoms with van der Waals surface area (Å²) in [6.45, 7) is 10.6. The number of morpholine rings is 1. The van der Waals surface area contributed by atoms with Gasteiger partial charge in [0.25, 0.3) is 0 Å². The van der Waals surface area contributed by atoms with Crippen LogP contribution in [0.2, 0.25) is 0 Å². The number of guanidine groups is 1. The van der Waals surface area contributed by atoms with Crippen LogP contribution in [0.1, 0.15) is 24.1 Å². The largest absolute Gasteiger partial charge is 0.380 e. The Kier molecular flexibility index (Phi) is 8.72. The normalized spacial score (nSPS) is 17.3. The van der Waals surface area contributed by atoms with Gasteiger partial charge in [-0.1, -0.05) is 29.8 Å². The van der Waals surface area contributed by atoms with Crippen molar-refractivity contribution in [2.75, 3.05) is 59.7 Å². The van der Waals surface area contributed by atoms with Gasteiger partial charge in [-0.3, -0.25) is 9.89 Å². The van der Waals surface area contributed by atoms with E-state index in [1.54, 1.807) is 7.05 Å². The summed E-state index contributed by atoms with van der Waals surface area (Å²) in [7, 11) is 1.80. The maximum Gasteiger partial charge on any atom is 0.191 e. The number of nitrogens with one attached hydrogen (secondary N) is 2. The van der Waals surface area contributed by atoms with E-state index in [1.165, 1.54) is 11.1 Å².